The predicted molar refractivity (Wildman–Crippen MR) is 93.8 cm³/mol. The molecule has 0 fully saturated rings. The second-order valence-corrected chi connectivity index (χ2v) is 5.58. The molecule has 0 saturated heterocycles. The Hall–Kier alpha value is -3.36. The fourth-order valence-electron chi connectivity index (χ4n) is 2.58. The second kappa shape index (κ2) is 7.47. The van der Waals surface area contributed by atoms with Crippen molar-refractivity contribution in [1.29, 1.82) is 0 Å². The van der Waals surface area contributed by atoms with E-state index in [1.54, 1.807) is 18.0 Å². The zero-order valence-electron chi connectivity index (χ0n) is 13.7. The van der Waals surface area contributed by atoms with Crippen molar-refractivity contribution in [3.05, 3.63) is 89.5 Å². The smallest absolute Gasteiger partial charge is 0.255 e. The number of carbonyl (C=O) groups is 1. The van der Waals surface area contributed by atoms with Crippen molar-refractivity contribution in [2.45, 2.75) is 5.92 Å². The first kappa shape index (κ1) is 16.5. The van der Waals surface area contributed by atoms with Crippen molar-refractivity contribution >= 4 is 5.91 Å². The first-order valence-electron chi connectivity index (χ1n) is 7.76. The summed E-state index contributed by atoms with van der Waals surface area (Å²) in [6.07, 6.45) is 3.41. The number of nitrogens with one attached hydrogen (secondary N) is 1. The third kappa shape index (κ3) is 3.77. The average molecular weight is 331 g/mol. The highest BCUT2D eigenvalue weighted by molar-refractivity contribution is 5.86. The lowest BCUT2D eigenvalue weighted by Crippen LogP contribution is -2.27. The lowest BCUT2D eigenvalue weighted by atomic mass is 9.90. The number of hydroxylamine groups is 1. The molecule has 3 aromatic rings. The van der Waals surface area contributed by atoms with Crippen LogP contribution in [-0.2, 0) is 11.8 Å². The summed E-state index contributed by atoms with van der Waals surface area (Å²) in [5.74, 6) is 5.08. The van der Waals surface area contributed by atoms with E-state index in [9.17, 15) is 4.79 Å². The lowest BCUT2D eigenvalue weighted by molar-refractivity contribution is -0.129. The molecule has 2 aromatic carbocycles. The maximum absolute atomic E-state index is 12.1. The molecule has 3 rings (SSSR count). The van der Waals surface area contributed by atoms with Gasteiger partial charge in [0.2, 0.25) is 0 Å². The monoisotopic (exact) mass is 331 g/mol. The highest BCUT2D eigenvalue weighted by atomic mass is 16.5. The Morgan fingerprint density at radius 3 is 2.36 bits per heavy atom. The Kier molecular flexibility index (Phi) is 4.93. The minimum Gasteiger partial charge on any atom is -0.327 e. The second-order valence-electron chi connectivity index (χ2n) is 5.58. The van der Waals surface area contributed by atoms with Crippen LogP contribution in [0.15, 0.2) is 67.1 Å². The van der Waals surface area contributed by atoms with Gasteiger partial charge in [0.05, 0.1) is 18.4 Å². The van der Waals surface area contributed by atoms with Gasteiger partial charge in [-0.3, -0.25) is 10.0 Å². The molecular weight excluding hydrogens is 314 g/mol. The number of carbonyl (C=O) groups excluding carboxylic acids is 1. The average Bonchev–Trinajstić information content (AvgIpc) is 3.07. The summed E-state index contributed by atoms with van der Waals surface area (Å²) in [7, 11) is 1.89. The molecule has 0 bridgehead atoms. The van der Waals surface area contributed by atoms with Crippen LogP contribution in [0.4, 0.5) is 0 Å². The topological polar surface area (TPSA) is 67.2 Å². The van der Waals surface area contributed by atoms with Crippen LogP contribution in [0.25, 0.3) is 0 Å². The normalized spacial score (nSPS) is 11.3. The Morgan fingerprint density at radius 1 is 1.08 bits per heavy atom. The van der Waals surface area contributed by atoms with Gasteiger partial charge in [-0.15, -0.1) is 0 Å². The van der Waals surface area contributed by atoms with E-state index >= 15 is 0 Å². The van der Waals surface area contributed by atoms with Crippen LogP contribution in [0.5, 0.6) is 0 Å². The number of benzene rings is 2. The highest BCUT2D eigenvalue weighted by Crippen LogP contribution is 2.25. The quantitative estimate of drug-likeness (QED) is 0.440. The van der Waals surface area contributed by atoms with Gasteiger partial charge in [0.25, 0.3) is 5.91 Å². The molecule has 0 aliphatic rings. The number of hydrogen-bond acceptors (Lipinski definition) is 3. The fourth-order valence-corrected chi connectivity index (χ4v) is 2.58. The molecule has 25 heavy (non-hydrogen) atoms. The molecule has 5 nitrogen and oxygen atoms in total. The molecule has 1 amide bonds. The maximum Gasteiger partial charge on any atom is 0.255 e. The van der Waals surface area contributed by atoms with E-state index < -0.39 is 11.8 Å². The van der Waals surface area contributed by atoms with E-state index in [1.165, 1.54) is 0 Å². The van der Waals surface area contributed by atoms with Gasteiger partial charge in [-0.2, -0.15) is 0 Å². The van der Waals surface area contributed by atoms with Crippen molar-refractivity contribution < 1.29 is 10.0 Å². The van der Waals surface area contributed by atoms with Crippen molar-refractivity contribution in [1.82, 2.24) is 15.0 Å². The highest BCUT2D eigenvalue weighted by Gasteiger charge is 2.22. The largest absolute Gasteiger partial charge is 0.327 e. The minimum atomic E-state index is -0.578. The Morgan fingerprint density at radius 2 is 1.76 bits per heavy atom. The number of hydrogen-bond donors (Lipinski definition) is 2. The van der Waals surface area contributed by atoms with Gasteiger partial charge in [-0.25, -0.2) is 10.5 Å². The lowest BCUT2D eigenvalue weighted by Gasteiger charge is -2.15. The number of rotatable bonds is 3. The standard InChI is InChI=1S/C20H17N3O2/c1-23-14-21-13-18(23)12-9-15-7-10-17(11-8-15)19(20(24)22-25)16-5-3-2-4-6-16/h2-8,10-11,13-14,19,25H,1H3,(H,22,24). The molecule has 1 aromatic heterocycles. The first-order valence-corrected chi connectivity index (χ1v) is 7.76. The minimum absolute atomic E-state index is 0.472. The number of amides is 1. The number of imidazole rings is 1. The number of nitrogens with zero attached hydrogens (tertiary/aromatic N) is 2. The first-order chi connectivity index (χ1) is 12.2. The third-order valence-corrected chi connectivity index (χ3v) is 3.90. The van der Waals surface area contributed by atoms with Gasteiger partial charge < -0.3 is 4.57 Å². The molecular formula is C20H17N3O2. The van der Waals surface area contributed by atoms with Crippen molar-refractivity contribution in [2.24, 2.45) is 7.05 Å². The molecule has 0 radical (unpaired) electrons. The Balaban J connectivity index is 1.88. The maximum atomic E-state index is 12.1. The molecule has 0 aliphatic heterocycles. The molecule has 5 heteroatoms. The van der Waals surface area contributed by atoms with E-state index in [2.05, 4.69) is 16.8 Å². The van der Waals surface area contributed by atoms with Crippen LogP contribution in [0, 0.1) is 11.8 Å². The van der Waals surface area contributed by atoms with Gasteiger partial charge in [0, 0.05) is 12.6 Å². The summed E-state index contributed by atoms with van der Waals surface area (Å²) in [6, 6.07) is 16.7. The van der Waals surface area contributed by atoms with Gasteiger partial charge >= 0.3 is 0 Å². The molecule has 0 saturated carbocycles. The summed E-state index contributed by atoms with van der Waals surface area (Å²) in [6.45, 7) is 0. The van der Waals surface area contributed by atoms with Crippen molar-refractivity contribution in [2.75, 3.05) is 0 Å². The van der Waals surface area contributed by atoms with Gasteiger partial charge in [0.1, 0.15) is 5.69 Å². The summed E-state index contributed by atoms with van der Waals surface area (Å²) < 4.78 is 1.85. The van der Waals surface area contributed by atoms with Crippen LogP contribution in [0.3, 0.4) is 0 Å². The fraction of sp³-hybridized carbons (Fsp3) is 0.100. The molecule has 1 heterocycles. The van der Waals surface area contributed by atoms with Crippen molar-refractivity contribution in [3.63, 3.8) is 0 Å². The third-order valence-electron chi connectivity index (χ3n) is 3.90. The Bertz CT molecular complexity index is 919. The van der Waals surface area contributed by atoms with Gasteiger partial charge in [-0.1, -0.05) is 48.4 Å². The molecule has 1 atom stereocenters. The zero-order valence-corrected chi connectivity index (χ0v) is 13.7. The molecule has 0 aliphatic carbocycles. The van der Waals surface area contributed by atoms with E-state index in [-0.39, 0.29) is 0 Å². The number of aromatic nitrogens is 2. The molecule has 124 valence electrons. The summed E-state index contributed by atoms with van der Waals surface area (Å²) in [4.78, 5) is 16.1. The summed E-state index contributed by atoms with van der Waals surface area (Å²) >= 11 is 0. The molecule has 1 unspecified atom stereocenters. The summed E-state index contributed by atoms with van der Waals surface area (Å²) in [5, 5.41) is 9.07. The predicted octanol–water partition coefficient (Wildman–Crippen LogP) is 2.46. The number of aryl methyl sites for hydroxylation is 1. The van der Waals surface area contributed by atoms with Crippen LogP contribution in [0.2, 0.25) is 0 Å². The van der Waals surface area contributed by atoms with Gasteiger partial charge in [-0.05, 0) is 29.2 Å². The molecule has 0 spiro atoms. The zero-order chi connectivity index (χ0) is 17.6. The van der Waals surface area contributed by atoms with Crippen LogP contribution >= 0.6 is 0 Å². The van der Waals surface area contributed by atoms with E-state index in [0.29, 0.717) is 0 Å². The SMILES string of the molecule is Cn1cncc1C#Cc1ccc(C(C(=O)NO)c2ccccc2)cc1. The van der Waals surface area contributed by atoms with Crippen LogP contribution in [-0.4, -0.2) is 20.7 Å². The van der Waals surface area contributed by atoms with E-state index in [4.69, 9.17) is 5.21 Å². The molecule has 2 N–H and O–H groups in total. The van der Waals surface area contributed by atoms with Crippen LogP contribution < -0.4 is 5.48 Å². The van der Waals surface area contributed by atoms with E-state index in [1.807, 2.05) is 66.2 Å². The van der Waals surface area contributed by atoms with Crippen LogP contribution in [0.1, 0.15) is 28.3 Å². The van der Waals surface area contributed by atoms with Gasteiger partial charge in [0.15, 0.2) is 0 Å². The Labute approximate surface area is 145 Å². The van der Waals surface area contributed by atoms with Crippen molar-refractivity contribution in [3.8, 4) is 11.8 Å². The van der Waals surface area contributed by atoms with E-state index in [0.717, 1.165) is 22.4 Å². The summed E-state index contributed by atoms with van der Waals surface area (Å²) in [5.41, 5.74) is 5.00.